The van der Waals surface area contributed by atoms with Crippen LogP contribution in [0.2, 0.25) is 0 Å². The number of fused-ring (bicyclic) bond motifs is 1. The number of rotatable bonds is 1. The van der Waals surface area contributed by atoms with Crippen molar-refractivity contribution in [2.45, 2.75) is 13.8 Å². The van der Waals surface area contributed by atoms with E-state index >= 15 is 0 Å². The molecule has 0 saturated heterocycles. The highest BCUT2D eigenvalue weighted by Crippen LogP contribution is 2.31. The smallest absolute Gasteiger partial charge is 0.132 e. The largest absolute Gasteiger partial charge is 0.247 e. The summed E-state index contributed by atoms with van der Waals surface area (Å²) in [4.78, 5) is 4.45. The van der Waals surface area contributed by atoms with E-state index in [4.69, 9.17) is 0 Å². The molecule has 3 heteroatoms. The molecule has 0 N–H and O–H groups in total. The average Bonchev–Trinajstić information content (AvgIpc) is 2.43. The van der Waals surface area contributed by atoms with Gasteiger partial charge in [0.1, 0.15) is 11.6 Å². The molecule has 1 aromatic heterocycles. The van der Waals surface area contributed by atoms with E-state index < -0.39 is 0 Å². The molecular weight excluding hydrogens is 256 g/mol. The van der Waals surface area contributed by atoms with Gasteiger partial charge in [-0.05, 0) is 49.2 Å². The number of hydrogen-bond acceptors (Lipinski definition) is 1. The summed E-state index contributed by atoms with van der Waals surface area (Å²) in [6.07, 6.45) is 0. The number of nitrogens with zero attached hydrogens (tertiary/aromatic N) is 1. The number of aryl methyl sites for hydroxylation is 1. The Labute approximate surface area is 115 Å². The fourth-order valence-electron chi connectivity index (χ4n) is 2.46. The molecule has 0 unspecified atom stereocenters. The summed E-state index contributed by atoms with van der Waals surface area (Å²) in [5, 5.41) is 0.505. The van der Waals surface area contributed by atoms with Crippen LogP contribution in [0.3, 0.4) is 0 Å². The lowest BCUT2D eigenvalue weighted by Crippen LogP contribution is -1.97. The van der Waals surface area contributed by atoms with Crippen LogP contribution in [0.25, 0.3) is 22.2 Å². The fraction of sp³-hybridized carbons (Fsp3) is 0.118. The van der Waals surface area contributed by atoms with Gasteiger partial charge in [-0.1, -0.05) is 18.2 Å². The van der Waals surface area contributed by atoms with Crippen molar-refractivity contribution in [3.63, 3.8) is 0 Å². The normalized spacial score (nSPS) is 11.0. The highest BCUT2D eigenvalue weighted by molar-refractivity contribution is 5.87. The molecule has 2 aromatic carbocycles. The molecule has 0 fully saturated rings. The van der Waals surface area contributed by atoms with Gasteiger partial charge in [-0.3, -0.25) is 0 Å². The van der Waals surface area contributed by atoms with Crippen LogP contribution in [0.1, 0.15) is 11.1 Å². The second kappa shape index (κ2) is 4.67. The van der Waals surface area contributed by atoms with E-state index in [0.717, 1.165) is 11.1 Å². The number of hydrogen-bond donors (Lipinski definition) is 0. The molecule has 0 aliphatic rings. The Kier molecular flexibility index (Phi) is 2.97. The average molecular weight is 269 g/mol. The van der Waals surface area contributed by atoms with Crippen LogP contribution in [0, 0.1) is 25.5 Å². The molecule has 0 amide bonds. The SMILES string of the molecule is Cc1c(-c2ccccc2F)nc2cccc(F)c2c1C. The van der Waals surface area contributed by atoms with E-state index in [1.54, 1.807) is 30.3 Å². The first-order chi connectivity index (χ1) is 9.59. The van der Waals surface area contributed by atoms with Crippen LogP contribution in [-0.4, -0.2) is 4.98 Å². The maximum atomic E-state index is 14.0. The van der Waals surface area contributed by atoms with Gasteiger partial charge in [0.05, 0.1) is 11.2 Å². The molecule has 0 spiro atoms. The summed E-state index contributed by atoms with van der Waals surface area (Å²) in [6.45, 7) is 3.68. The van der Waals surface area contributed by atoms with Crippen molar-refractivity contribution >= 4 is 10.9 Å². The Morgan fingerprint density at radius 3 is 2.25 bits per heavy atom. The third-order valence-electron chi connectivity index (χ3n) is 3.65. The third-order valence-corrected chi connectivity index (χ3v) is 3.65. The zero-order valence-electron chi connectivity index (χ0n) is 11.2. The van der Waals surface area contributed by atoms with Crippen LogP contribution < -0.4 is 0 Å². The molecule has 0 aliphatic carbocycles. The lowest BCUT2D eigenvalue weighted by Gasteiger charge is -2.12. The minimum atomic E-state index is -0.321. The number of pyridine rings is 1. The van der Waals surface area contributed by atoms with Crippen molar-refractivity contribution < 1.29 is 8.78 Å². The Balaban J connectivity index is 2.39. The van der Waals surface area contributed by atoms with Crippen molar-refractivity contribution in [2.75, 3.05) is 0 Å². The van der Waals surface area contributed by atoms with E-state index in [0.29, 0.717) is 22.2 Å². The van der Waals surface area contributed by atoms with Crippen LogP contribution in [0.15, 0.2) is 42.5 Å². The highest BCUT2D eigenvalue weighted by atomic mass is 19.1. The molecule has 100 valence electrons. The van der Waals surface area contributed by atoms with Crippen LogP contribution in [0.5, 0.6) is 0 Å². The Morgan fingerprint density at radius 1 is 0.800 bits per heavy atom. The van der Waals surface area contributed by atoms with Gasteiger partial charge in [-0.15, -0.1) is 0 Å². The topological polar surface area (TPSA) is 12.9 Å². The van der Waals surface area contributed by atoms with Gasteiger partial charge >= 0.3 is 0 Å². The van der Waals surface area contributed by atoms with E-state index in [1.165, 1.54) is 12.1 Å². The van der Waals surface area contributed by atoms with Crippen molar-refractivity contribution in [1.82, 2.24) is 4.98 Å². The highest BCUT2D eigenvalue weighted by Gasteiger charge is 2.15. The van der Waals surface area contributed by atoms with Crippen LogP contribution >= 0.6 is 0 Å². The predicted molar refractivity (Wildman–Crippen MR) is 76.6 cm³/mol. The van der Waals surface area contributed by atoms with Crippen molar-refractivity contribution in [2.24, 2.45) is 0 Å². The maximum Gasteiger partial charge on any atom is 0.132 e. The minimum Gasteiger partial charge on any atom is -0.247 e. The summed E-state index contributed by atoms with van der Waals surface area (Å²) in [5.74, 6) is -0.617. The molecule has 0 radical (unpaired) electrons. The second-order valence-electron chi connectivity index (χ2n) is 4.82. The Hall–Kier alpha value is -2.29. The minimum absolute atomic E-state index is 0.296. The number of aromatic nitrogens is 1. The van der Waals surface area contributed by atoms with Crippen LogP contribution in [-0.2, 0) is 0 Å². The molecule has 1 nitrogen and oxygen atoms in total. The Bertz CT molecular complexity index is 809. The zero-order chi connectivity index (χ0) is 14.3. The quantitative estimate of drug-likeness (QED) is 0.618. The van der Waals surface area contributed by atoms with Crippen molar-refractivity contribution in [3.05, 3.63) is 65.2 Å². The summed E-state index contributed by atoms with van der Waals surface area (Å²) < 4.78 is 27.9. The number of benzene rings is 2. The first kappa shape index (κ1) is 12.7. The van der Waals surface area contributed by atoms with Gasteiger partial charge in [0.2, 0.25) is 0 Å². The fourth-order valence-corrected chi connectivity index (χ4v) is 2.46. The molecule has 3 aromatic rings. The molecule has 0 atom stereocenters. The van der Waals surface area contributed by atoms with Crippen LogP contribution in [0.4, 0.5) is 8.78 Å². The lowest BCUT2D eigenvalue weighted by molar-refractivity contribution is 0.630. The zero-order valence-corrected chi connectivity index (χ0v) is 11.2. The summed E-state index contributed by atoms with van der Waals surface area (Å²) in [7, 11) is 0. The van der Waals surface area contributed by atoms with Gasteiger partial charge < -0.3 is 0 Å². The summed E-state index contributed by atoms with van der Waals surface area (Å²) in [6, 6.07) is 11.3. The molecule has 0 bridgehead atoms. The lowest BCUT2D eigenvalue weighted by atomic mass is 9.98. The van der Waals surface area contributed by atoms with Gasteiger partial charge in [0.25, 0.3) is 0 Å². The van der Waals surface area contributed by atoms with E-state index in [9.17, 15) is 8.78 Å². The first-order valence-electron chi connectivity index (χ1n) is 6.40. The summed E-state index contributed by atoms with van der Waals surface area (Å²) in [5.41, 5.74) is 3.16. The summed E-state index contributed by atoms with van der Waals surface area (Å²) >= 11 is 0. The molecule has 1 heterocycles. The van der Waals surface area contributed by atoms with Crippen molar-refractivity contribution in [3.8, 4) is 11.3 Å². The number of halogens is 2. The van der Waals surface area contributed by atoms with E-state index in [1.807, 2.05) is 13.8 Å². The van der Waals surface area contributed by atoms with Gasteiger partial charge in [0.15, 0.2) is 0 Å². The molecule has 3 rings (SSSR count). The van der Waals surface area contributed by atoms with Gasteiger partial charge in [-0.2, -0.15) is 0 Å². The first-order valence-corrected chi connectivity index (χ1v) is 6.40. The maximum absolute atomic E-state index is 14.0. The molecular formula is C17H13F2N. The standard InChI is InChI=1S/C17H13F2N/c1-10-11(2)17(12-6-3-4-7-13(12)18)20-15-9-5-8-14(19)16(10)15/h3-9H,1-2H3. The van der Waals surface area contributed by atoms with E-state index in [-0.39, 0.29) is 11.6 Å². The molecule has 20 heavy (non-hydrogen) atoms. The van der Waals surface area contributed by atoms with Gasteiger partial charge in [0, 0.05) is 10.9 Å². The van der Waals surface area contributed by atoms with E-state index in [2.05, 4.69) is 4.98 Å². The third kappa shape index (κ3) is 1.86. The monoisotopic (exact) mass is 269 g/mol. The molecule has 0 aliphatic heterocycles. The Morgan fingerprint density at radius 2 is 1.50 bits per heavy atom. The van der Waals surface area contributed by atoms with Gasteiger partial charge in [-0.25, -0.2) is 13.8 Å². The second-order valence-corrected chi connectivity index (χ2v) is 4.82. The predicted octanol–water partition coefficient (Wildman–Crippen LogP) is 4.80. The molecule has 0 saturated carbocycles. The van der Waals surface area contributed by atoms with Crippen molar-refractivity contribution in [1.29, 1.82) is 0 Å².